The van der Waals surface area contributed by atoms with E-state index in [0.29, 0.717) is 43.4 Å². The first kappa shape index (κ1) is 18.8. The summed E-state index contributed by atoms with van der Waals surface area (Å²) in [6.45, 7) is 5.18. The van der Waals surface area contributed by atoms with E-state index >= 15 is 0 Å². The zero-order valence-electron chi connectivity index (χ0n) is 16.0. The highest BCUT2D eigenvalue weighted by atomic mass is 16.6. The molecule has 0 unspecified atom stereocenters. The topological polar surface area (TPSA) is 83.8 Å². The number of carbonyl (C=O) groups is 1. The monoisotopic (exact) mass is 387 g/mol. The van der Waals surface area contributed by atoms with Crippen LogP contribution in [0.1, 0.15) is 35.8 Å². The Labute approximate surface area is 163 Å². The Balaban J connectivity index is 1.59. The number of nitrogens with zero attached hydrogens (tertiary/aromatic N) is 2. The third-order valence-corrected chi connectivity index (χ3v) is 4.82. The number of hydrogen-bond donors (Lipinski definition) is 1. The van der Waals surface area contributed by atoms with Gasteiger partial charge >= 0.3 is 5.97 Å². The van der Waals surface area contributed by atoms with Crippen LogP contribution in [-0.4, -0.2) is 54.8 Å². The molecule has 4 rings (SSSR count). The lowest BCUT2D eigenvalue weighted by molar-refractivity contribution is 0.0524. The second kappa shape index (κ2) is 8.62. The maximum absolute atomic E-state index is 12.4. The number of rotatable bonds is 7. The molecule has 1 fully saturated rings. The number of carbonyl (C=O) groups excluding carboxylic acids is 1. The van der Waals surface area contributed by atoms with E-state index in [0.717, 1.165) is 37.4 Å². The molecule has 8 heteroatoms. The number of benzene rings is 1. The van der Waals surface area contributed by atoms with Crippen molar-refractivity contribution in [3.8, 4) is 17.2 Å². The number of aromatic nitrogens is 2. The lowest BCUT2D eigenvalue weighted by Gasteiger charge is -2.19. The highest BCUT2D eigenvalue weighted by molar-refractivity contribution is 5.90. The zero-order chi connectivity index (χ0) is 19.3. The van der Waals surface area contributed by atoms with Crippen molar-refractivity contribution in [1.29, 1.82) is 0 Å². The van der Waals surface area contributed by atoms with Crippen molar-refractivity contribution < 1.29 is 23.7 Å². The van der Waals surface area contributed by atoms with E-state index in [2.05, 4.69) is 10.4 Å². The molecule has 0 bridgehead atoms. The number of nitrogens with one attached hydrogen (secondary N) is 1. The molecular formula is C20H25N3O5. The predicted molar refractivity (Wildman–Crippen MR) is 101 cm³/mol. The van der Waals surface area contributed by atoms with E-state index in [4.69, 9.17) is 18.9 Å². The van der Waals surface area contributed by atoms with Crippen LogP contribution < -0.4 is 14.8 Å². The molecule has 2 aromatic rings. The highest BCUT2D eigenvalue weighted by Gasteiger charge is 2.22. The summed E-state index contributed by atoms with van der Waals surface area (Å²) in [6, 6.07) is 5.64. The second-order valence-electron chi connectivity index (χ2n) is 6.73. The lowest BCUT2D eigenvalue weighted by atomic mass is 10.2. The SMILES string of the molecule is CCOC(=O)c1cnn(-c2ccc3c(c2)OCCO3)c1CNC[C@H]1CCCO1. The molecule has 1 aromatic carbocycles. The van der Waals surface area contributed by atoms with Crippen LogP contribution in [0.25, 0.3) is 5.69 Å². The molecule has 1 saturated heterocycles. The van der Waals surface area contributed by atoms with Crippen LogP contribution >= 0.6 is 0 Å². The highest BCUT2D eigenvalue weighted by Crippen LogP contribution is 2.32. The van der Waals surface area contributed by atoms with E-state index in [1.54, 1.807) is 17.8 Å². The Bertz CT molecular complexity index is 829. The fourth-order valence-corrected chi connectivity index (χ4v) is 3.47. The first-order chi connectivity index (χ1) is 13.8. The number of hydrogen-bond acceptors (Lipinski definition) is 7. The van der Waals surface area contributed by atoms with Gasteiger partial charge in [0.2, 0.25) is 0 Å². The summed E-state index contributed by atoms with van der Waals surface area (Å²) in [5.74, 6) is 1.02. The average molecular weight is 387 g/mol. The fourth-order valence-electron chi connectivity index (χ4n) is 3.47. The minimum atomic E-state index is -0.375. The maximum atomic E-state index is 12.4. The summed E-state index contributed by atoms with van der Waals surface area (Å²) in [5.41, 5.74) is 2.00. The van der Waals surface area contributed by atoms with E-state index in [-0.39, 0.29) is 12.1 Å². The molecule has 0 radical (unpaired) electrons. The smallest absolute Gasteiger partial charge is 0.341 e. The van der Waals surface area contributed by atoms with Gasteiger partial charge < -0.3 is 24.3 Å². The lowest BCUT2D eigenvalue weighted by Crippen LogP contribution is -2.27. The van der Waals surface area contributed by atoms with Crippen LogP contribution in [-0.2, 0) is 16.0 Å². The molecule has 8 nitrogen and oxygen atoms in total. The molecule has 3 heterocycles. The molecule has 1 aromatic heterocycles. The Hall–Kier alpha value is -2.58. The quantitative estimate of drug-likeness (QED) is 0.728. The average Bonchev–Trinajstić information content (AvgIpc) is 3.38. The van der Waals surface area contributed by atoms with Crippen LogP contribution in [0.3, 0.4) is 0 Å². The standard InChI is InChI=1S/C20H25N3O5/c1-2-25-20(24)16-12-22-23(17(16)13-21-11-15-4-3-7-26-15)14-5-6-18-19(10-14)28-9-8-27-18/h5-6,10,12,15,21H,2-4,7-9,11,13H2,1H3/t15-/m1/s1. The molecule has 150 valence electrons. The summed E-state index contributed by atoms with van der Waals surface area (Å²) in [7, 11) is 0. The Morgan fingerprint density at radius 1 is 1.29 bits per heavy atom. The van der Waals surface area contributed by atoms with Crippen LogP contribution in [0, 0.1) is 0 Å². The van der Waals surface area contributed by atoms with Gasteiger partial charge in [-0.3, -0.25) is 0 Å². The normalized spacial score (nSPS) is 18.2. The van der Waals surface area contributed by atoms with E-state index in [9.17, 15) is 4.79 Å². The molecular weight excluding hydrogens is 362 g/mol. The number of esters is 1. The summed E-state index contributed by atoms with van der Waals surface area (Å²) < 4.78 is 23.9. The van der Waals surface area contributed by atoms with Crippen molar-refractivity contribution in [3.63, 3.8) is 0 Å². The Morgan fingerprint density at radius 2 is 2.14 bits per heavy atom. The Morgan fingerprint density at radius 3 is 2.93 bits per heavy atom. The maximum Gasteiger partial charge on any atom is 0.341 e. The van der Waals surface area contributed by atoms with Gasteiger partial charge in [0.15, 0.2) is 11.5 Å². The van der Waals surface area contributed by atoms with Crippen molar-refractivity contribution in [2.75, 3.05) is 33.0 Å². The first-order valence-electron chi connectivity index (χ1n) is 9.72. The third kappa shape index (κ3) is 3.98. The van der Waals surface area contributed by atoms with Gasteiger partial charge in [0.1, 0.15) is 18.8 Å². The van der Waals surface area contributed by atoms with Gasteiger partial charge in [-0.2, -0.15) is 5.10 Å². The summed E-state index contributed by atoms with van der Waals surface area (Å²) in [5, 5.41) is 7.83. The predicted octanol–water partition coefficient (Wildman–Crippen LogP) is 2.09. The molecule has 1 atom stereocenters. The van der Waals surface area contributed by atoms with Gasteiger partial charge in [-0.05, 0) is 31.9 Å². The number of fused-ring (bicyclic) bond motifs is 1. The van der Waals surface area contributed by atoms with Crippen LogP contribution in [0.5, 0.6) is 11.5 Å². The summed E-state index contributed by atoms with van der Waals surface area (Å²) in [4.78, 5) is 12.4. The van der Waals surface area contributed by atoms with Crippen molar-refractivity contribution in [2.45, 2.75) is 32.4 Å². The molecule has 2 aliphatic heterocycles. The molecule has 0 saturated carbocycles. The Kier molecular flexibility index (Phi) is 5.78. The van der Waals surface area contributed by atoms with Crippen molar-refractivity contribution in [1.82, 2.24) is 15.1 Å². The van der Waals surface area contributed by atoms with Crippen molar-refractivity contribution >= 4 is 5.97 Å². The van der Waals surface area contributed by atoms with Gasteiger partial charge in [-0.25, -0.2) is 9.48 Å². The summed E-state index contributed by atoms with van der Waals surface area (Å²) >= 11 is 0. The largest absolute Gasteiger partial charge is 0.486 e. The van der Waals surface area contributed by atoms with Crippen LogP contribution in [0.4, 0.5) is 0 Å². The third-order valence-electron chi connectivity index (χ3n) is 4.82. The number of ether oxygens (including phenoxy) is 4. The molecule has 0 aliphatic carbocycles. The van der Waals surface area contributed by atoms with Crippen LogP contribution in [0.15, 0.2) is 24.4 Å². The minimum absolute atomic E-state index is 0.219. The fraction of sp³-hybridized carbons (Fsp3) is 0.500. The molecule has 28 heavy (non-hydrogen) atoms. The zero-order valence-corrected chi connectivity index (χ0v) is 16.0. The van der Waals surface area contributed by atoms with E-state index in [1.807, 2.05) is 18.2 Å². The van der Waals surface area contributed by atoms with Gasteiger partial charge in [-0.1, -0.05) is 0 Å². The van der Waals surface area contributed by atoms with Gasteiger partial charge in [0, 0.05) is 25.8 Å². The molecule has 1 N–H and O–H groups in total. The van der Waals surface area contributed by atoms with Gasteiger partial charge in [0.05, 0.1) is 30.3 Å². The molecule has 0 amide bonds. The van der Waals surface area contributed by atoms with Crippen molar-refractivity contribution in [3.05, 3.63) is 35.7 Å². The second-order valence-corrected chi connectivity index (χ2v) is 6.73. The van der Waals surface area contributed by atoms with Gasteiger partial charge in [0.25, 0.3) is 0 Å². The molecule has 0 spiro atoms. The summed E-state index contributed by atoms with van der Waals surface area (Å²) in [6.07, 6.45) is 3.92. The van der Waals surface area contributed by atoms with Gasteiger partial charge in [-0.15, -0.1) is 0 Å². The first-order valence-corrected chi connectivity index (χ1v) is 9.72. The van der Waals surface area contributed by atoms with E-state index < -0.39 is 0 Å². The van der Waals surface area contributed by atoms with Crippen LogP contribution in [0.2, 0.25) is 0 Å². The van der Waals surface area contributed by atoms with E-state index in [1.165, 1.54) is 0 Å². The van der Waals surface area contributed by atoms with Crippen molar-refractivity contribution in [2.24, 2.45) is 0 Å². The minimum Gasteiger partial charge on any atom is -0.486 e. The molecule has 2 aliphatic rings.